The highest BCUT2D eigenvalue weighted by Gasteiger charge is 2.16. The maximum atomic E-state index is 11.9. The Balaban J connectivity index is 2.11. The highest BCUT2D eigenvalue weighted by atomic mass is 35.5. The molecule has 0 bridgehead atoms. The van der Waals surface area contributed by atoms with Crippen molar-refractivity contribution in [1.29, 1.82) is 0 Å². The summed E-state index contributed by atoms with van der Waals surface area (Å²) in [5.74, 6) is -0.0944. The van der Waals surface area contributed by atoms with Gasteiger partial charge in [-0.15, -0.1) is 0 Å². The van der Waals surface area contributed by atoms with Crippen molar-refractivity contribution in [3.05, 3.63) is 70.7 Å². The summed E-state index contributed by atoms with van der Waals surface area (Å²) in [6, 6.07) is 15.9. The first-order valence-electron chi connectivity index (χ1n) is 5.69. The lowest BCUT2D eigenvalue weighted by atomic mass is 10.0. The van der Waals surface area contributed by atoms with Crippen LogP contribution >= 0.6 is 11.6 Å². The zero-order chi connectivity index (χ0) is 13.0. The minimum absolute atomic E-state index is 0.0355. The van der Waals surface area contributed by atoms with E-state index in [1.54, 1.807) is 48.5 Å². The number of ketones is 1. The third kappa shape index (κ3) is 2.97. The molecule has 0 aliphatic heterocycles. The van der Waals surface area contributed by atoms with Crippen LogP contribution in [0.2, 0.25) is 5.02 Å². The summed E-state index contributed by atoms with van der Waals surface area (Å²) in [6.45, 7) is 0. The quantitative estimate of drug-likeness (QED) is 0.852. The molecule has 0 aromatic heterocycles. The maximum Gasteiger partial charge on any atom is 0.165 e. The molecule has 0 radical (unpaired) electrons. The Labute approximate surface area is 111 Å². The molecule has 2 nitrogen and oxygen atoms in total. The van der Waals surface area contributed by atoms with Crippen LogP contribution in [-0.4, -0.2) is 10.9 Å². The van der Waals surface area contributed by atoms with E-state index in [1.807, 2.05) is 6.07 Å². The third-order valence-corrected chi connectivity index (χ3v) is 3.08. The first kappa shape index (κ1) is 12.8. The van der Waals surface area contributed by atoms with Crippen molar-refractivity contribution < 1.29 is 9.90 Å². The SMILES string of the molecule is O=C(C[C@H](O)c1ccccc1Cl)c1ccccc1. The number of aliphatic hydroxyl groups excluding tert-OH is 1. The molecule has 92 valence electrons. The average Bonchev–Trinajstić information content (AvgIpc) is 2.40. The summed E-state index contributed by atoms with van der Waals surface area (Å²) in [7, 11) is 0. The fourth-order valence-corrected chi connectivity index (χ4v) is 2.03. The van der Waals surface area contributed by atoms with Gasteiger partial charge in [0.2, 0.25) is 0 Å². The molecule has 0 heterocycles. The summed E-state index contributed by atoms with van der Waals surface area (Å²) in [5, 5.41) is 10.5. The second-order valence-corrected chi connectivity index (χ2v) is 4.44. The second kappa shape index (κ2) is 5.80. The molecule has 2 aromatic rings. The summed E-state index contributed by atoms with van der Waals surface area (Å²) in [6.07, 6.45) is -0.834. The van der Waals surface area contributed by atoms with Gasteiger partial charge in [0.1, 0.15) is 0 Å². The van der Waals surface area contributed by atoms with E-state index in [-0.39, 0.29) is 12.2 Å². The molecule has 0 amide bonds. The number of Topliss-reactive ketones (excluding diaryl/α,β-unsaturated/α-hetero) is 1. The molecule has 0 aliphatic rings. The highest BCUT2D eigenvalue weighted by molar-refractivity contribution is 6.31. The molecule has 0 aliphatic carbocycles. The Hall–Kier alpha value is -1.64. The van der Waals surface area contributed by atoms with Crippen molar-refractivity contribution in [2.75, 3.05) is 0 Å². The van der Waals surface area contributed by atoms with Crippen LogP contribution in [0.1, 0.15) is 28.4 Å². The lowest BCUT2D eigenvalue weighted by Gasteiger charge is -2.11. The van der Waals surface area contributed by atoms with Gasteiger partial charge in [-0.2, -0.15) is 0 Å². The Morgan fingerprint density at radius 1 is 1.06 bits per heavy atom. The number of carbonyl (C=O) groups is 1. The van der Waals surface area contributed by atoms with E-state index in [0.717, 1.165) is 0 Å². The van der Waals surface area contributed by atoms with E-state index in [4.69, 9.17) is 11.6 Å². The van der Waals surface area contributed by atoms with Gasteiger partial charge < -0.3 is 5.11 Å². The molecule has 1 N–H and O–H groups in total. The monoisotopic (exact) mass is 260 g/mol. The van der Waals surface area contributed by atoms with E-state index in [9.17, 15) is 9.90 Å². The molecule has 0 saturated heterocycles. The second-order valence-electron chi connectivity index (χ2n) is 4.03. The molecule has 18 heavy (non-hydrogen) atoms. The Morgan fingerprint density at radius 2 is 1.67 bits per heavy atom. The zero-order valence-electron chi connectivity index (χ0n) is 9.71. The summed E-state index contributed by atoms with van der Waals surface area (Å²) in [5.41, 5.74) is 1.19. The first-order chi connectivity index (χ1) is 8.68. The summed E-state index contributed by atoms with van der Waals surface area (Å²) < 4.78 is 0. The van der Waals surface area contributed by atoms with Crippen LogP contribution in [0, 0.1) is 0 Å². The number of hydrogen-bond donors (Lipinski definition) is 1. The Bertz CT molecular complexity index is 537. The van der Waals surface area contributed by atoms with Crippen LogP contribution in [0.4, 0.5) is 0 Å². The predicted octanol–water partition coefficient (Wildman–Crippen LogP) is 3.65. The molecule has 0 unspecified atom stereocenters. The van der Waals surface area contributed by atoms with Crippen molar-refractivity contribution in [3.8, 4) is 0 Å². The fourth-order valence-electron chi connectivity index (χ4n) is 1.77. The van der Waals surface area contributed by atoms with E-state index in [2.05, 4.69) is 0 Å². The molecular weight excluding hydrogens is 248 g/mol. The van der Waals surface area contributed by atoms with Gasteiger partial charge in [0, 0.05) is 17.0 Å². The van der Waals surface area contributed by atoms with E-state index < -0.39 is 6.10 Å². The molecule has 0 spiro atoms. The number of rotatable bonds is 4. The molecule has 1 atom stereocenters. The van der Waals surface area contributed by atoms with Crippen LogP contribution in [0.3, 0.4) is 0 Å². The smallest absolute Gasteiger partial charge is 0.165 e. The number of benzene rings is 2. The van der Waals surface area contributed by atoms with E-state index in [1.165, 1.54) is 0 Å². The predicted molar refractivity (Wildman–Crippen MR) is 71.8 cm³/mol. The molecule has 0 fully saturated rings. The zero-order valence-corrected chi connectivity index (χ0v) is 10.5. The minimum atomic E-state index is -0.869. The molecular formula is C15H13ClO2. The van der Waals surface area contributed by atoms with Crippen LogP contribution in [-0.2, 0) is 0 Å². The number of aliphatic hydroxyl groups is 1. The van der Waals surface area contributed by atoms with Gasteiger partial charge in [0.15, 0.2) is 5.78 Å². The molecule has 2 rings (SSSR count). The van der Waals surface area contributed by atoms with Crippen LogP contribution in [0.5, 0.6) is 0 Å². The first-order valence-corrected chi connectivity index (χ1v) is 6.07. The number of carbonyl (C=O) groups excluding carboxylic acids is 1. The van der Waals surface area contributed by atoms with Crippen molar-refractivity contribution in [3.63, 3.8) is 0 Å². The van der Waals surface area contributed by atoms with Gasteiger partial charge >= 0.3 is 0 Å². The molecule has 3 heteroatoms. The van der Waals surface area contributed by atoms with Gasteiger partial charge in [0.05, 0.1) is 6.10 Å². The minimum Gasteiger partial charge on any atom is -0.388 e. The van der Waals surface area contributed by atoms with Gasteiger partial charge in [-0.1, -0.05) is 60.1 Å². The van der Waals surface area contributed by atoms with E-state index >= 15 is 0 Å². The van der Waals surface area contributed by atoms with Crippen LogP contribution < -0.4 is 0 Å². The van der Waals surface area contributed by atoms with Crippen molar-refractivity contribution >= 4 is 17.4 Å². The van der Waals surface area contributed by atoms with Crippen LogP contribution in [0.25, 0.3) is 0 Å². The third-order valence-electron chi connectivity index (χ3n) is 2.74. The standard InChI is InChI=1S/C15H13ClO2/c16-13-9-5-4-8-12(13)15(18)10-14(17)11-6-2-1-3-7-11/h1-9,15,18H,10H2/t15-/m0/s1. The fraction of sp³-hybridized carbons (Fsp3) is 0.133. The highest BCUT2D eigenvalue weighted by Crippen LogP contribution is 2.25. The lowest BCUT2D eigenvalue weighted by Crippen LogP contribution is -2.07. The average molecular weight is 261 g/mol. The summed E-state index contributed by atoms with van der Waals surface area (Å²) >= 11 is 5.98. The molecule has 2 aromatic carbocycles. The lowest BCUT2D eigenvalue weighted by molar-refractivity contribution is 0.0880. The largest absolute Gasteiger partial charge is 0.388 e. The Morgan fingerprint density at radius 3 is 2.33 bits per heavy atom. The van der Waals surface area contributed by atoms with Crippen LogP contribution in [0.15, 0.2) is 54.6 Å². The van der Waals surface area contributed by atoms with Gasteiger partial charge in [-0.25, -0.2) is 0 Å². The number of halogens is 1. The summed E-state index contributed by atoms with van der Waals surface area (Å²) in [4.78, 5) is 11.9. The topological polar surface area (TPSA) is 37.3 Å². The van der Waals surface area contributed by atoms with Crippen molar-refractivity contribution in [2.45, 2.75) is 12.5 Å². The van der Waals surface area contributed by atoms with Gasteiger partial charge in [-0.3, -0.25) is 4.79 Å². The molecule has 0 saturated carbocycles. The normalized spacial score (nSPS) is 12.1. The van der Waals surface area contributed by atoms with Gasteiger partial charge in [-0.05, 0) is 11.6 Å². The maximum absolute atomic E-state index is 11.9. The number of hydrogen-bond acceptors (Lipinski definition) is 2. The van der Waals surface area contributed by atoms with Crippen molar-refractivity contribution in [1.82, 2.24) is 0 Å². The van der Waals surface area contributed by atoms with Crippen molar-refractivity contribution in [2.24, 2.45) is 0 Å². The van der Waals surface area contributed by atoms with Gasteiger partial charge in [0.25, 0.3) is 0 Å². The van der Waals surface area contributed by atoms with E-state index in [0.29, 0.717) is 16.1 Å². The Kier molecular flexibility index (Phi) is 4.13.